The first kappa shape index (κ1) is 23.5. The van der Waals surface area contributed by atoms with Crippen molar-refractivity contribution in [3.63, 3.8) is 0 Å². The minimum Gasteiger partial charge on any atom is -0.493 e. The van der Waals surface area contributed by atoms with E-state index in [4.69, 9.17) is 9.47 Å². The zero-order valence-corrected chi connectivity index (χ0v) is 18.3. The smallest absolute Gasteiger partial charge is 0.221 e. The Morgan fingerprint density at radius 2 is 1.72 bits per heavy atom. The molecular formula is C23H39N3O3. The maximum atomic E-state index is 11.9. The summed E-state index contributed by atoms with van der Waals surface area (Å²) in [5, 5.41) is 6.55. The van der Waals surface area contributed by atoms with Crippen LogP contribution in [0.2, 0.25) is 0 Å². The number of unbranched alkanes of at least 4 members (excludes halogenated alkanes) is 2. The van der Waals surface area contributed by atoms with Crippen molar-refractivity contribution in [1.82, 2.24) is 15.5 Å². The van der Waals surface area contributed by atoms with E-state index < -0.39 is 0 Å². The summed E-state index contributed by atoms with van der Waals surface area (Å²) in [5.41, 5.74) is 1.24. The summed E-state index contributed by atoms with van der Waals surface area (Å²) in [7, 11) is 3.32. The van der Waals surface area contributed by atoms with Crippen molar-refractivity contribution in [1.29, 1.82) is 0 Å². The molecule has 1 aliphatic heterocycles. The number of carbonyl (C=O) groups is 1. The fourth-order valence-corrected chi connectivity index (χ4v) is 3.70. The third kappa shape index (κ3) is 9.50. The lowest BCUT2D eigenvalue weighted by Gasteiger charge is -2.25. The molecule has 164 valence electrons. The Morgan fingerprint density at radius 1 is 0.966 bits per heavy atom. The molecule has 29 heavy (non-hydrogen) atoms. The number of amides is 1. The molecule has 0 aromatic heterocycles. The minimum absolute atomic E-state index is 0.198. The van der Waals surface area contributed by atoms with E-state index in [9.17, 15) is 4.79 Å². The molecule has 1 saturated heterocycles. The number of benzene rings is 1. The van der Waals surface area contributed by atoms with Gasteiger partial charge in [-0.25, -0.2) is 0 Å². The van der Waals surface area contributed by atoms with E-state index in [1.54, 1.807) is 14.2 Å². The van der Waals surface area contributed by atoms with Crippen LogP contribution in [-0.2, 0) is 11.2 Å². The Labute approximate surface area is 176 Å². The fourth-order valence-electron chi connectivity index (χ4n) is 3.70. The Hall–Kier alpha value is -1.79. The van der Waals surface area contributed by atoms with Crippen LogP contribution in [0.15, 0.2) is 18.2 Å². The van der Waals surface area contributed by atoms with Gasteiger partial charge in [0.05, 0.1) is 14.2 Å². The topological polar surface area (TPSA) is 62.8 Å². The fraction of sp³-hybridized carbons (Fsp3) is 0.696. The third-order valence-electron chi connectivity index (χ3n) is 5.49. The zero-order chi connectivity index (χ0) is 20.7. The highest BCUT2D eigenvalue weighted by molar-refractivity contribution is 5.75. The van der Waals surface area contributed by atoms with Crippen molar-refractivity contribution in [2.45, 2.75) is 51.4 Å². The second-order valence-electron chi connectivity index (χ2n) is 7.75. The van der Waals surface area contributed by atoms with E-state index in [0.29, 0.717) is 6.42 Å². The number of piperidine rings is 1. The molecular weight excluding hydrogens is 366 g/mol. The number of ether oxygens (including phenoxy) is 2. The quantitative estimate of drug-likeness (QED) is 0.466. The normalized spacial score (nSPS) is 14.6. The summed E-state index contributed by atoms with van der Waals surface area (Å²) in [4.78, 5) is 14.3. The average Bonchev–Trinajstić information content (AvgIpc) is 2.77. The molecule has 0 bridgehead atoms. The van der Waals surface area contributed by atoms with Crippen LogP contribution < -0.4 is 20.1 Å². The van der Waals surface area contributed by atoms with Gasteiger partial charge in [0.25, 0.3) is 0 Å². The van der Waals surface area contributed by atoms with Crippen LogP contribution in [0.3, 0.4) is 0 Å². The maximum Gasteiger partial charge on any atom is 0.221 e. The number of hydrogen-bond donors (Lipinski definition) is 2. The van der Waals surface area contributed by atoms with Gasteiger partial charge in [-0.05, 0) is 76.0 Å². The molecule has 6 heteroatoms. The van der Waals surface area contributed by atoms with Crippen LogP contribution in [0.5, 0.6) is 11.5 Å². The van der Waals surface area contributed by atoms with Gasteiger partial charge >= 0.3 is 0 Å². The first-order chi connectivity index (χ1) is 14.2. The number of likely N-dealkylation sites (tertiary alicyclic amines) is 1. The standard InChI is InChI=1S/C23H39N3O3/c1-28-21-10-9-20(19-22(21)29-2)11-15-24-13-5-3-6-14-25-23(27)12-18-26-16-7-4-8-17-26/h9-10,19,24H,3-8,11-18H2,1-2H3,(H,25,27). The van der Waals surface area contributed by atoms with Crippen molar-refractivity contribution in [3.05, 3.63) is 23.8 Å². The van der Waals surface area contributed by atoms with E-state index in [1.807, 2.05) is 12.1 Å². The summed E-state index contributed by atoms with van der Waals surface area (Å²) in [6.45, 7) is 5.98. The predicted molar refractivity (Wildman–Crippen MR) is 118 cm³/mol. The van der Waals surface area contributed by atoms with Gasteiger partial charge in [-0.2, -0.15) is 0 Å². The molecule has 1 aromatic rings. The van der Waals surface area contributed by atoms with E-state index in [1.165, 1.54) is 24.8 Å². The van der Waals surface area contributed by atoms with Crippen molar-refractivity contribution in [2.75, 3.05) is 53.5 Å². The molecule has 1 fully saturated rings. The molecule has 0 atom stereocenters. The number of nitrogens with one attached hydrogen (secondary N) is 2. The van der Waals surface area contributed by atoms with Gasteiger partial charge in [0.1, 0.15) is 0 Å². The first-order valence-corrected chi connectivity index (χ1v) is 11.1. The van der Waals surface area contributed by atoms with Gasteiger partial charge in [-0.15, -0.1) is 0 Å². The Bertz CT molecular complexity index is 589. The van der Waals surface area contributed by atoms with Crippen molar-refractivity contribution >= 4 is 5.91 Å². The molecule has 2 N–H and O–H groups in total. The van der Waals surface area contributed by atoms with E-state index in [2.05, 4.69) is 21.6 Å². The highest BCUT2D eigenvalue weighted by atomic mass is 16.5. The van der Waals surface area contributed by atoms with Gasteiger partial charge in [0, 0.05) is 19.5 Å². The van der Waals surface area contributed by atoms with Crippen LogP contribution >= 0.6 is 0 Å². The molecule has 1 aromatic carbocycles. The molecule has 2 rings (SSSR count). The first-order valence-electron chi connectivity index (χ1n) is 11.1. The van der Waals surface area contributed by atoms with Crippen LogP contribution in [-0.4, -0.2) is 64.3 Å². The van der Waals surface area contributed by atoms with Gasteiger partial charge in [0.2, 0.25) is 5.91 Å². The van der Waals surface area contributed by atoms with Crippen molar-refractivity contribution in [2.24, 2.45) is 0 Å². The van der Waals surface area contributed by atoms with Crippen molar-refractivity contribution < 1.29 is 14.3 Å². The molecule has 0 unspecified atom stereocenters. The summed E-state index contributed by atoms with van der Waals surface area (Å²) in [5.74, 6) is 1.74. The molecule has 1 aliphatic rings. The molecule has 1 amide bonds. The third-order valence-corrected chi connectivity index (χ3v) is 5.49. The zero-order valence-electron chi connectivity index (χ0n) is 18.3. The van der Waals surface area contributed by atoms with E-state index >= 15 is 0 Å². The summed E-state index contributed by atoms with van der Waals surface area (Å²) >= 11 is 0. The van der Waals surface area contributed by atoms with Gasteiger partial charge in [0.15, 0.2) is 11.5 Å². The highest BCUT2D eigenvalue weighted by Gasteiger charge is 2.11. The van der Waals surface area contributed by atoms with Gasteiger partial charge < -0.3 is 25.0 Å². The number of carbonyl (C=O) groups excluding carboxylic acids is 1. The minimum atomic E-state index is 0.198. The summed E-state index contributed by atoms with van der Waals surface area (Å²) in [6, 6.07) is 6.07. The molecule has 0 aliphatic carbocycles. The number of nitrogens with zero attached hydrogens (tertiary/aromatic N) is 1. The summed E-state index contributed by atoms with van der Waals surface area (Å²) in [6.07, 6.45) is 8.82. The predicted octanol–water partition coefficient (Wildman–Crippen LogP) is 3.00. The maximum absolute atomic E-state index is 11.9. The Morgan fingerprint density at radius 3 is 2.48 bits per heavy atom. The number of rotatable bonds is 14. The summed E-state index contributed by atoms with van der Waals surface area (Å²) < 4.78 is 10.6. The van der Waals surface area contributed by atoms with Gasteiger partial charge in [-0.1, -0.05) is 18.9 Å². The number of methoxy groups -OCH3 is 2. The van der Waals surface area contributed by atoms with Crippen LogP contribution in [0.25, 0.3) is 0 Å². The monoisotopic (exact) mass is 405 g/mol. The van der Waals surface area contributed by atoms with E-state index in [-0.39, 0.29) is 5.91 Å². The van der Waals surface area contributed by atoms with E-state index in [0.717, 1.165) is 76.5 Å². The lowest BCUT2D eigenvalue weighted by Crippen LogP contribution is -2.34. The second-order valence-corrected chi connectivity index (χ2v) is 7.75. The van der Waals surface area contributed by atoms with Crippen molar-refractivity contribution in [3.8, 4) is 11.5 Å². The SMILES string of the molecule is COc1ccc(CCNCCCCCNC(=O)CCN2CCCCC2)cc1OC. The number of hydrogen-bond acceptors (Lipinski definition) is 5. The van der Waals surface area contributed by atoms with Gasteiger partial charge in [-0.3, -0.25) is 4.79 Å². The lowest BCUT2D eigenvalue weighted by molar-refractivity contribution is -0.121. The molecule has 1 heterocycles. The Balaban J connectivity index is 1.42. The second kappa shape index (κ2) is 14.2. The largest absolute Gasteiger partial charge is 0.493 e. The molecule has 0 spiro atoms. The lowest BCUT2D eigenvalue weighted by atomic mass is 10.1. The molecule has 6 nitrogen and oxygen atoms in total. The van der Waals surface area contributed by atoms with Crippen LogP contribution in [0, 0.1) is 0 Å². The van der Waals surface area contributed by atoms with Crippen LogP contribution in [0.4, 0.5) is 0 Å². The van der Waals surface area contributed by atoms with Crippen LogP contribution in [0.1, 0.15) is 50.5 Å². The Kier molecular flexibility index (Phi) is 11.5. The average molecular weight is 406 g/mol. The molecule has 0 radical (unpaired) electrons. The highest BCUT2D eigenvalue weighted by Crippen LogP contribution is 2.27. The molecule has 0 saturated carbocycles.